The van der Waals surface area contributed by atoms with E-state index in [-0.39, 0.29) is 6.10 Å². The van der Waals surface area contributed by atoms with Crippen LogP contribution in [0.2, 0.25) is 0 Å². The Kier molecular flexibility index (Phi) is 5.48. The summed E-state index contributed by atoms with van der Waals surface area (Å²) in [4.78, 5) is 0. The predicted molar refractivity (Wildman–Crippen MR) is 129 cm³/mol. The Balaban J connectivity index is 1.35. The molecular weight excluding hydrogens is 378 g/mol. The molecule has 0 radical (unpaired) electrons. The Morgan fingerprint density at radius 2 is 1.65 bits per heavy atom. The van der Waals surface area contributed by atoms with Crippen LogP contribution in [0.4, 0.5) is 0 Å². The summed E-state index contributed by atoms with van der Waals surface area (Å²) in [6.45, 7) is 6.08. The lowest BCUT2D eigenvalue weighted by Gasteiger charge is -2.33. The molecule has 2 unspecified atom stereocenters. The molecule has 2 nitrogen and oxygen atoms in total. The van der Waals surface area contributed by atoms with Crippen LogP contribution in [0.1, 0.15) is 40.2 Å². The van der Waals surface area contributed by atoms with Crippen LogP contribution in [0, 0.1) is 13.8 Å². The molecule has 1 N–H and O–H groups in total. The van der Waals surface area contributed by atoms with Crippen LogP contribution in [0.5, 0.6) is 5.75 Å². The van der Waals surface area contributed by atoms with E-state index < -0.39 is 0 Å². The molecule has 1 aliphatic heterocycles. The number of hydrogen-bond acceptors (Lipinski definition) is 2. The third kappa shape index (κ3) is 4.08. The number of fused-ring (bicyclic) bond motifs is 2. The average Bonchev–Trinajstić information content (AvgIpc) is 2.80. The summed E-state index contributed by atoms with van der Waals surface area (Å²) >= 11 is 0. The number of ether oxygens (including phenoxy) is 1. The van der Waals surface area contributed by atoms with Crippen LogP contribution in [0.25, 0.3) is 10.8 Å². The van der Waals surface area contributed by atoms with Gasteiger partial charge in [0.05, 0.1) is 0 Å². The fourth-order valence-corrected chi connectivity index (χ4v) is 4.86. The Morgan fingerprint density at radius 3 is 2.58 bits per heavy atom. The van der Waals surface area contributed by atoms with Gasteiger partial charge in [0.15, 0.2) is 0 Å². The van der Waals surface area contributed by atoms with Crippen molar-refractivity contribution < 1.29 is 4.74 Å². The van der Waals surface area contributed by atoms with E-state index in [4.69, 9.17) is 4.74 Å². The zero-order valence-corrected chi connectivity index (χ0v) is 18.3. The summed E-state index contributed by atoms with van der Waals surface area (Å²) in [5, 5.41) is 6.28. The molecule has 156 valence electrons. The predicted octanol–water partition coefficient (Wildman–Crippen LogP) is 6.53. The van der Waals surface area contributed by atoms with Crippen molar-refractivity contribution in [1.29, 1.82) is 0 Å². The first-order chi connectivity index (χ1) is 15.2. The first-order valence-electron chi connectivity index (χ1n) is 11.2. The molecule has 4 aromatic rings. The van der Waals surface area contributed by atoms with Gasteiger partial charge in [-0.15, -0.1) is 0 Å². The first kappa shape index (κ1) is 19.8. The first-order valence-corrected chi connectivity index (χ1v) is 11.2. The van der Waals surface area contributed by atoms with E-state index in [1.165, 1.54) is 38.6 Å². The third-order valence-electron chi connectivity index (χ3n) is 6.46. The molecule has 0 aliphatic carbocycles. The van der Waals surface area contributed by atoms with Gasteiger partial charge in [-0.25, -0.2) is 0 Å². The maximum Gasteiger partial charge on any atom is 0.123 e. The van der Waals surface area contributed by atoms with Gasteiger partial charge in [0.25, 0.3) is 0 Å². The molecule has 31 heavy (non-hydrogen) atoms. The molecule has 2 atom stereocenters. The lowest BCUT2D eigenvalue weighted by Crippen LogP contribution is -2.35. The van der Waals surface area contributed by atoms with E-state index in [0.717, 1.165) is 25.3 Å². The van der Waals surface area contributed by atoms with Crippen molar-refractivity contribution in [3.05, 3.63) is 113 Å². The monoisotopic (exact) mass is 407 g/mol. The number of hydrogen-bond donors (Lipinski definition) is 1. The van der Waals surface area contributed by atoms with Gasteiger partial charge in [0.2, 0.25) is 0 Å². The lowest BCUT2D eigenvalue weighted by atomic mass is 9.81. The van der Waals surface area contributed by atoms with Crippen molar-refractivity contribution in [2.75, 3.05) is 6.54 Å². The molecule has 4 aromatic carbocycles. The van der Waals surface area contributed by atoms with Crippen molar-refractivity contribution in [2.24, 2.45) is 0 Å². The highest BCUT2D eigenvalue weighted by molar-refractivity contribution is 5.85. The Bertz CT molecular complexity index is 1210. The second-order valence-corrected chi connectivity index (χ2v) is 8.70. The van der Waals surface area contributed by atoms with Crippen molar-refractivity contribution >= 4 is 10.8 Å². The summed E-state index contributed by atoms with van der Waals surface area (Å²) in [6.07, 6.45) is 1.14. The van der Waals surface area contributed by atoms with Crippen LogP contribution in [0.15, 0.2) is 84.9 Å². The van der Waals surface area contributed by atoms with Gasteiger partial charge in [-0.3, -0.25) is 0 Å². The zero-order valence-electron chi connectivity index (χ0n) is 18.3. The molecule has 0 fully saturated rings. The quantitative estimate of drug-likeness (QED) is 0.406. The molecule has 0 amide bonds. The SMILES string of the molecule is Cc1ccc(C)c(C2CC(CNCc3cccc4ccccc34)Oc3ccccc32)c1. The highest BCUT2D eigenvalue weighted by Crippen LogP contribution is 2.41. The number of aryl methyl sites for hydroxylation is 2. The van der Waals surface area contributed by atoms with Crippen LogP contribution in [-0.2, 0) is 6.54 Å². The average molecular weight is 408 g/mol. The van der Waals surface area contributed by atoms with Crippen molar-refractivity contribution in [3.8, 4) is 5.75 Å². The topological polar surface area (TPSA) is 21.3 Å². The smallest absolute Gasteiger partial charge is 0.123 e. The van der Waals surface area contributed by atoms with Gasteiger partial charge in [-0.05, 0) is 53.8 Å². The molecule has 0 saturated carbocycles. The lowest BCUT2D eigenvalue weighted by molar-refractivity contribution is 0.162. The number of rotatable bonds is 5. The molecular formula is C29H29NO. The minimum absolute atomic E-state index is 0.148. The minimum Gasteiger partial charge on any atom is -0.489 e. The molecule has 1 heterocycles. The summed E-state index contributed by atoms with van der Waals surface area (Å²) in [6, 6.07) is 30.5. The molecule has 0 spiro atoms. The Labute approximate surface area is 184 Å². The standard InChI is InChI=1S/C29H29NO/c1-20-14-15-21(2)27(16-20)28-17-24(31-29-13-6-5-12-26(28)29)19-30-18-23-10-7-9-22-8-3-4-11-25(22)23/h3-16,24,28,30H,17-19H2,1-2H3. The molecule has 5 rings (SSSR count). The third-order valence-corrected chi connectivity index (χ3v) is 6.46. The highest BCUT2D eigenvalue weighted by Gasteiger charge is 2.30. The highest BCUT2D eigenvalue weighted by atomic mass is 16.5. The van der Waals surface area contributed by atoms with Gasteiger partial charge in [-0.1, -0.05) is 84.4 Å². The van der Waals surface area contributed by atoms with Crippen LogP contribution < -0.4 is 10.1 Å². The van der Waals surface area contributed by atoms with E-state index in [0.29, 0.717) is 5.92 Å². The molecule has 0 aromatic heterocycles. The Hall–Kier alpha value is -3.10. The van der Waals surface area contributed by atoms with Gasteiger partial charge < -0.3 is 10.1 Å². The van der Waals surface area contributed by atoms with E-state index in [1.54, 1.807) is 0 Å². The van der Waals surface area contributed by atoms with Crippen molar-refractivity contribution in [2.45, 2.75) is 38.8 Å². The van der Waals surface area contributed by atoms with E-state index in [2.05, 4.69) is 104 Å². The summed E-state index contributed by atoms with van der Waals surface area (Å²) in [7, 11) is 0. The fraction of sp³-hybridized carbons (Fsp3) is 0.241. The largest absolute Gasteiger partial charge is 0.489 e. The summed E-state index contributed by atoms with van der Waals surface area (Å²) in [5.74, 6) is 1.39. The van der Waals surface area contributed by atoms with Crippen molar-refractivity contribution in [1.82, 2.24) is 5.32 Å². The van der Waals surface area contributed by atoms with Crippen molar-refractivity contribution in [3.63, 3.8) is 0 Å². The van der Waals surface area contributed by atoms with Crippen LogP contribution >= 0.6 is 0 Å². The van der Waals surface area contributed by atoms with E-state index in [9.17, 15) is 0 Å². The molecule has 1 aliphatic rings. The number of benzene rings is 4. The van der Waals surface area contributed by atoms with E-state index >= 15 is 0 Å². The fourth-order valence-electron chi connectivity index (χ4n) is 4.86. The van der Waals surface area contributed by atoms with Crippen LogP contribution in [-0.4, -0.2) is 12.6 Å². The second-order valence-electron chi connectivity index (χ2n) is 8.70. The number of para-hydroxylation sites is 1. The maximum absolute atomic E-state index is 6.42. The zero-order chi connectivity index (χ0) is 21.2. The van der Waals surface area contributed by atoms with Gasteiger partial charge in [0.1, 0.15) is 11.9 Å². The molecule has 0 saturated heterocycles. The maximum atomic E-state index is 6.42. The van der Waals surface area contributed by atoms with Gasteiger partial charge in [-0.2, -0.15) is 0 Å². The van der Waals surface area contributed by atoms with Crippen LogP contribution in [0.3, 0.4) is 0 Å². The Morgan fingerprint density at radius 1 is 0.839 bits per heavy atom. The van der Waals surface area contributed by atoms with Gasteiger partial charge in [0, 0.05) is 24.6 Å². The normalized spacial score (nSPS) is 17.9. The summed E-state index contributed by atoms with van der Waals surface area (Å²) < 4.78 is 6.42. The van der Waals surface area contributed by atoms with E-state index in [1.807, 2.05) is 0 Å². The second kappa shape index (κ2) is 8.56. The molecule has 0 bridgehead atoms. The minimum atomic E-state index is 0.148. The molecule has 2 heteroatoms. The number of nitrogens with one attached hydrogen (secondary N) is 1. The van der Waals surface area contributed by atoms with Gasteiger partial charge >= 0.3 is 0 Å². The summed E-state index contributed by atoms with van der Waals surface area (Å²) in [5.41, 5.74) is 6.74.